The zero-order valence-electron chi connectivity index (χ0n) is 13.8. The minimum Gasteiger partial charge on any atom is -0.354 e. The first-order valence-electron chi connectivity index (χ1n) is 7.71. The molecule has 1 saturated heterocycles. The SMILES string of the molecule is CN(CC(=O)NCCN1CCNCC1)S(=O)(=O)c1ccccc1.Cl. The van der Waals surface area contributed by atoms with Gasteiger partial charge in [0.1, 0.15) is 0 Å². The van der Waals surface area contributed by atoms with Crippen molar-refractivity contribution in [2.24, 2.45) is 0 Å². The highest BCUT2D eigenvalue weighted by Gasteiger charge is 2.22. The third-order valence-corrected chi connectivity index (χ3v) is 5.60. The van der Waals surface area contributed by atoms with Gasteiger partial charge >= 0.3 is 0 Å². The highest BCUT2D eigenvalue weighted by molar-refractivity contribution is 7.89. The number of sulfonamides is 1. The lowest BCUT2D eigenvalue weighted by Crippen LogP contribution is -2.47. The fourth-order valence-corrected chi connectivity index (χ4v) is 3.55. The molecule has 0 unspecified atom stereocenters. The Morgan fingerprint density at radius 3 is 2.50 bits per heavy atom. The number of carbonyl (C=O) groups excluding carboxylic acids is 1. The van der Waals surface area contributed by atoms with Crippen LogP contribution < -0.4 is 10.6 Å². The molecule has 0 radical (unpaired) electrons. The Hall–Kier alpha value is -1.19. The average Bonchev–Trinajstić information content (AvgIpc) is 2.56. The number of hydrogen-bond donors (Lipinski definition) is 2. The Bertz CT molecular complexity index is 606. The second-order valence-electron chi connectivity index (χ2n) is 5.52. The predicted octanol–water partition coefficient (Wildman–Crippen LogP) is -0.250. The van der Waals surface area contributed by atoms with E-state index >= 15 is 0 Å². The van der Waals surface area contributed by atoms with Gasteiger partial charge < -0.3 is 10.6 Å². The van der Waals surface area contributed by atoms with E-state index in [4.69, 9.17) is 0 Å². The lowest BCUT2D eigenvalue weighted by atomic mass is 10.3. The molecule has 1 fully saturated rings. The Morgan fingerprint density at radius 1 is 1.25 bits per heavy atom. The molecule has 1 amide bonds. The summed E-state index contributed by atoms with van der Waals surface area (Å²) in [6.45, 7) is 4.99. The van der Waals surface area contributed by atoms with Crippen molar-refractivity contribution in [3.8, 4) is 0 Å². The van der Waals surface area contributed by atoms with E-state index < -0.39 is 10.0 Å². The van der Waals surface area contributed by atoms with E-state index in [2.05, 4.69) is 15.5 Å². The summed E-state index contributed by atoms with van der Waals surface area (Å²) in [5.74, 6) is -0.290. The van der Waals surface area contributed by atoms with Crippen molar-refractivity contribution in [2.45, 2.75) is 4.90 Å². The number of nitrogens with one attached hydrogen (secondary N) is 2. The fourth-order valence-electron chi connectivity index (χ4n) is 2.40. The van der Waals surface area contributed by atoms with Gasteiger partial charge in [0.15, 0.2) is 0 Å². The van der Waals surface area contributed by atoms with E-state index in [0.717, 1.165) is 37.0 Å². The topological polar surface area (TPSA) is 81.8 Å². The summed E-state index contributed by atoms with van der Waals surface area (Å²) in [5, 5.41) is 6.05. The molecular weight excluding hydrogens is 352 g/mol. The number of hydrogen-bond acceptors (Lipinski definition) is 5. The molecule has 1 aliphatic rings. The lowest BCUT2D eigenvalue weighted by Gasteiger charge is -2.27. The van der Waals surface area contributed by atoms with Crippen LogP contribution in [0.15, 0.2) is 35.2 Å². The molecule has 2 rings (SSSR count). The Kier molecular flexibility index (Phi) is 8.65. The summed E-state index contributed by atoms with van der Waals surface area (Å²) < 4.78 is 25.7. The minimum absolute atomic E-state index is 0. The number of benzene rings is 1. The van der Waals surface area contributed by atoms with Crippen LogP contribution in [0.3, 0.4) is 0 Å². The first-order valence-corrected chi connectivity index (χ1v) is 9.15. The molecule has 0 bridgehead atoms. The molecule has 0 aliphatic carbocycles. The lowest BCUT2D eigenvalue weighted by molar-refractivity contribution is -0.121. The van der Waals surface area contributed by atoms with E-state index in [1.165, 1.54) is 19.2 Å². The van der Waals surface area contributed by atoms with Crippen LogP contribution in [0, 0.1) is 0 Å². The van der Waals surface area contributed by atoms with Crippen LogP contribution in [0.4, 0.5) is 0 Å². The fraction of sp³-hybridized carbons (Fsp3) is 0.533. The molecule has 1 aromatic carbocycles. The predicted molar refractivity (Wildman–Crippen MR) is 95.8 cm³/mol. The van der Waals surface area contributed by atoms with Crippen LogP contribution >= 0.6 is 12.4 Å². The third kappa shape index (κ3) is 6.03. The van der Waals surface area contributed by atoms with Crippen molar-refractivity contribution in [1.82, 2.24) is 19.8 Å². The summed E-state index contributed by atoms with van der Waals surface area (Å²) in [5.41, 5.74) is 0. The van der Waals surface area contributed by atoms with Crippen molar-refractivity contribution < 1.29 is 13.2 Å². The molecule has 7 nitrogen and oxygen atoms in total. The molecule has 1 aromatic rings. The Morgan fingerprint density at radius 2 is 1.88 bits per heavy atom. The second kappa shape index (κ2) is 9.95. The number of rotatable bonds is 7. The monoisotopic (exact) mass is 376 g/mol. The van der Waals surface area contributed by atoms with Gasteiger partial charge in [0.25, 0.3) is 0 Å². The van der Waals surface area contributed by atoms with Gasteiger partial charge in [0.05, 0.1) is 11.4 Å². The molecule has 0 spiro atoms. The summed E-state index contributed by atoms with van der Waals surface area (Å²) in [7, 11) is -2.21. The molecule has 9 heteroatoms. The van der Waals surface area contributed by atoms with Crippen LogP contribution in [0.1, 0.15) is 0 Å². The van der Waals surface area contributed by atoms with Gasteiger partial charge in [-0.15, -0.1) is 12.4 Å². The first-order chi connectivity index (χ1) is 11.0. The maximum absolute atomic E-state index is 12.3. The molecule has 136 valence electrons. The maximum atomic E-state index is 12.3. The number of piperazine rings is 1. The van der Waals surface area contributed by atoms with E-state index in [-0.39, 0.29) is 29.8 Å². The maximum Gasteiger partial charge on any atom is 0.243 e. The normalized spacial score (nSPS) is 15.8. The van der Waals surface area contributed by atoms with Crippen LogP contribution in [0.25, 0.3) is 0 Å². The summed E-state index contributed by atoms with van der Waals surface area (Å²) >= 11 is 0. The Balaban J connectivity index is 0.00000288. The van der Waals surface area contributed by atoms with Gasteiger partial charge in [-0.05, 0) is 12.1 Å². The van der Waals surface area contributed by atoms with Gasteiger partial charge in [-0.25, -0.2) is 8.42 Å². The molecule has 1 aliphatic heterocycles. The molecule has 24 heavy (non-hydrogen) atoms. The first kappa shape index (κ1) is 20.9. The highest BCUT2D eigenvalue weighted by atomic mass is 35.5. The number of halogens is 1. The molecule has 1 heterocycles. The van der Waals surface area contributed by atoms with E-state index in [0.29, 0.717) is 6.54 Å². The number of nitrogens with zero attached hydrogens (tertiary/aromatic N) is 2. The van der Waals surface area contributed by atoms with Gasteiger partial charge in [0, 0.05) is 46.3 Å². The molecule has 2 N–H and O–H groups in total. The van der Waals surface area contributed by atoms with Gasteiger partial charge in [-0.3, -0.25) is 9.69 Å². The summed E-state index contributed by atoms with van der Waals surface area (Å²) in [6.07, 6.45) is 0. The van der Waals surface area contributed by atoms with Crippen molar-refractivity contribution in [3.63, 3.8) is 0 Å². The van der Waals surface area contributed by atoms with Crippen LogP contribution in [0.2, 0.25) is 0 Å². The van der Waals surface area contributed by atoms with Crippen LogP contribution in [-0.4, -0.2) is 76.4 Å². The molecular formula is C15H25ClN4O3S. The summed E-state index contributed by atoms with van der Waals surface area (Å²) in [6, 6.07) is 8.12. The van der Waals surface area contributed by atoms with Crippen molar-refractivity contribution >= 4 is 28.3 Å². The number of carbonyl (C=O) groups is 1. The average molecular weight is 377 g/mol. The van der Waals surface area contributed by atoms with Gasteiger partial charge in [-0.2, -0.15) is 4.31 Å². The number of likely N-dealkylation sites (N-methyl/N-ethyl adjacent to an activating group) is 1. The van der Waals surface area contributed by atoms with E-state index in [9.17, 15) is 13.2 Å². The largest absolute Gasteiger partial charge is 0.354 e. The van der Waals surface area contributed by atoms with Crippen molar-refractivity contribution in [1.29, 1.82) is 0 Å². The standard InChI is InChI=1S/C15H24N4O3S.ClH/c1-18(23(21,22)14-5-3-2-4-6-14)13-15(20)17-9-12-19-10-7-16-8-11-19;/h2-6,16H,7-13H2,1H3,(H,17,20);1H. The van der Waals surface area contributed by atoms with Crippen molar-refractivity contribution in [3.05, 3.63) is 30.3 Å². The highest BCUT2D eigenvalue weighted by Crippen LogP contribution is 2.12. The van der Waals surface area contributed by atoms with Crippen LogP contribution in [-0.2, 0) is 14.8 Å². The molecule has 0 aromatic heterocycles. The Labute approximate surface area is 149 Å². The number of amides is 1. The molecule has 0 atom stereocenters. The van der Waals surface area contributed by atoms with E-state index in [1.54, 1.807) is 18.2 Å². The summed E-state index contributed by atoms with van der Waals surface area (Å²) in [4.78, 5) is 14.4. The van der Waals surface area contributed by atoms with Gasteiger partial charge in [-0.1, -0.05) is 18.2 Å². The molecule has 0 saturated carbocycles. The third-order valence-electron chi connectivity index (χ3n) is 3.78. The van der Waals surface area contributed by atoms with E-state index in [1.807, 2.05) is 0 Å². The smallest absolute Gasteiger partial charge is 0.243 e. The van der Waals surface area contributed by atoms with Crippen molar-refractivity contribution in [2.75, 3.05) is 52.9 Å². The zero-order valence-corrected chi connectivity index (χ0v) is 15.4. The van der Waals surface area contributed by atoms with Crippen LogP contribution in [0.5, 0.6) is 0 Å². The zero-order chi connectivity index (χ0) is 16.7. The quantitative estimate of drug-likeness (QED) is 0.686. The van der Waals surface area contributed by atoms with Gasteiger partial charge in [0.2, 0.25) is 15.9 Å². The minimum atomic E-state index is -3.63. The second-order valence-corrected chi connectivity index (χ2v) is 7.56.